The molecule has 1 N–H and O–H groups in total. The fraction of sp³-hybridized carbons (Fsp3) is 0.357. The first-order valence-corrected chi connectivity index (χ1v) is 6.46. The van der Waals surface area contributed by atoms with E-state index in [2.05, 4.69) is 15.4 Å². The molecule has 1 aliphatic heterocycles. The molecule has 5 heteroatoms. The minimum atomic E-state index is -0.277. The molecule has 100 valence electrons. The van der Waals surface area contributed by atoms with Crippen LogP contribution in [0.2, 0.25) is 0 Å². The molecule has 4 nitrogen and oxygen atoms in total. The second-order valence-corrected chi connectivity index (χ2v) is 4.69. The number of benzene rings is 1. The third kappa shape index (κ3) is 2.67. The van der Waals surface area contributed by atoms with E-state index in [1.54, 1.807) is 24.4 Å². The zero-order valence-corrected chi connectivity index (χ0v) is 10.6. The average molecular weight is 261 g/mol. The minimum absolute atomic E-state index is 0.277. The molecule has 0 amide bonds. The van der Waals surface area contributed by atoms with Gasteiger partial charge >= 0.3 is 0 Å². The van der Waals surface area contributed by atoms with Crippen molar-refractivity contribution in [2.75, 3.05) is 26.2 Å². The molecular weight excluding hydrogens is 245 g/mol. The lowest BCUT2D eigenvalue weighted by molar-refractivity contribution is 0.233. The summed E-state index contributed by atoms with van der Waals surface area (Å²) in [5.74, 6) is 0.262. The van der Waals surface area contributed by atoms with Crippen LogP contribution in [0.4, 0.5) is 4.39 Å². The Labute approximate surface area is 111 Å². The maximum atomic E-state index is 13.8. The van der Waals surface area contributed by atoms with Gasteiger partial charge in [0.25, 0.3) is 0 Å². The minimum Gasteiger partial charge on any atom is -0.356 e. The number of hydrogen-bond acceptors (Lipinski definition) is 4. The van der Waals surface area contributed by atoms with Crippen LogP contribution in [-0.4, -0.2) is 36.2 Å². The van der Waals surface area contributed by atoms with E-state index in [1.165, 1.54) is 6.07 Å². The predicted molar refractivity (Wildman–Crippen MR) is 70.0 cm³/mol. The van der Waals surface area contributed by atoms with Gasteiger partial charge in [-0.1, -0.05) is 17.3 Å². The number of aromatic nitrogens is 1. The van der Waals surface area contributed by atoms with Crippen molar-refractivity contribution in [2.45, 2.75) is 6.54 Å². The van der Waals surface area contributed by atoms with Crippen molar-refractivity contribution in [1.82, 2.24) is 15.4 Å². The van der Waals surface area contributed by atoms with E-state index in [0.29, 0.717) is 11.3 Å². The van der Waals surface area contributed by atoms with Crippen molar-refractivity contribution in [1.29, 1.82) is 0 Å². The molecule has 0 aliphatic carbocycles. The second kappa shape index (κ2) is 5.50. The lowest BCUT2D eigenvalue weighted by Gasteiger charge is -2.26. The Balaban J connectivity index is 1.84. The Morgan fingerprint density at radius 2 is 2.05 bits per heavy atom. The first kappa shape index (κ1) is 12.3. The summed E-state index contributed by atoms with van der Waals surface area (Å²) < 4.78 is 19.0. The predicted octanol–water partition coefficient (Wildman–Crippen LogP) is 1.89. The highest BCUT2D eigenvalue weighted by molar-refractivity contribution is 5.61. The molecule has 2 aromatic rings. The summed E-state index contributed by atoms with van der Waals surface area (Å²) >= 11 is 0. The lowest BCUT2D eigenvalue weighted by atomic mass is 10.1. The van der Waals surface area contributed by atoms with E-state index < -0.39 is 0 Å². The maximum Gasteiger partial charge on any atom is 0.174 e. The molecule has 19 heavy (non-hydrogen) atoms. The second-order valence-electron chi connectivity index (χ2n) is 4.69. The van der Waals surface area contributed by atoms with Gasteiger partial charge in [-0.3, -0.25) is 4.90 Å². The van der Waals surface area contributed by atoms with E-state index in [9.17, 15) is 4.39 Å². The highest BCUT2D eigenvalue weighted by Gasteiger charge is 2.18. The number of rotatable bonds is 3. The first-order chi connectivity index (χ1) is 9.34. The van der Waals surface area contributed by atoms with Gasteiger partial charge < -0.3 is 9.84 Å². The van der Waals surface area contributed by atoms with Gasteiger partial charge in [0.05, 0.1) is 11.8 Å². The van der Waals surface area contributed by atoms with Crippen LogP contribution in [0.3, 0.4) is 0 Å². The Morgan fingerprint density at radius 3 is 2.84 bits per heavy atom. The third-order valence-electron chi connectivity index (χ3n) is 3.37. The average Bonchev–Trinajstić information content (AvgIpc) is 2.88. The molecule has 3 rings (SSSR count). The summed E-state index contributed by atoms with van der Waals surface area (Å²) in [7, 11) is 0. The summed E-state index contributed by atoms with van der Waals surface area (Å²) in [4.78, 5) is 2.31. The normalized spacial score (nSPS) is 16.7. The van der Waals surface area contributed by atoms with Crippen molar-refractivity contribution < 1.29 is 8.91 Å². The number of nitrogens with one attached hydrogen (secondary N) is 1. The number of piperazine rings is 1. The van der Waals surface area contributed by atoms with Crippen molar-refractivity contribution in [3.8, 4) is 11.3 Å². The molecule has 2 heterocycles. The van der Waals surface area contributed by atoms with Crippen LogP contribution < -0.4 is 5.32 Å². The van der Waals surface area contributed by atoms with Crippen LogP contribution in [0.1, 0.15) is 5.56 Å². The topological polar surface area (TPSA) is 41.3 Å². The van der Waals surface area contributed by atoms with Gasteiger partial charge in [0, 0.05) is 38.3 Å². The molecule has 0 atom stereocenters. The number of hydrogen-bond donors (Lipinski definition) is 1. The monoisotopic (exact) mass is 261 g/mol. The molecule has 1 saturated heterocycles. The lowest BCUT2D eigenvalue weighted by Crippen LogP contribution is -2.42. The van der Waals surface area contributed by atoms with Gasteiger partial charge in [-0.05, 0) is 12.1 Å². The largest absolute Gasteiger partial charge is 0.356 e. The van der Waals surface area contributed by atoms with Crippen molar-refractivity contribution in [3.63, 3.8) is 0 Å². The molecule has 1 aromatic heterocycles. The molecule has 0 bridgehead atoms. The SMILES string of the molecule is Fc1ccccc1-c1oncc1CN1CCNCC1. The van der Waals surface area contributed by atoms with Crippen LogP contribution in [-0.2, 0) is 6.54 Å². The van der Waals surface area contributed by atoms with Crippen molar-refractivity contribution in [3.05, 3.63) is 41.8 Å². The Morgan fingerprint density at radius 1 is 1.26 bits per heavy atom. The van der Waals surface area contributed by atoms with Crippen LogP contribution in [0.15, 0.2) is 35.0 Å². The van der Waals surface area contributed by atoms with Gasteiger partial charge in [0.2, 0.25) is 0 Å². The zero-order valence-electron chi connectivity index (χ0n) is 10.6. The van der Waals surface area contributed by atoms with Crippen LogP contribution in [0, 0.1) is 5.82 Å². The van der Waals surface area contributed by atoms with Crippen LogP contribution >= 0.6 is 0 Å². The van der Waals surface area contributed by atoms with Gasteiger partial charge in [-0.25, -0.2) is 4.39 Å². The van der Waals surface area contributed by atoms with E-state index in [4.69, 9.17) is 4.52 Å². The molecule has 0 saturated carbocycles. The van der Waals surface area contributed by atoms with Crippen molar-refractivity contribution in [2.24, 2.45) is 0 Å². The van der Waals surface area contributed by atoms with Gasteiger partial charge in [0.1, 0.15) is 5.82 Å². The summed E-state index contributed by atoms with van der Waals surface area (Å²) in [6.45, 7) is 4.69. The number of halogens is 1. The molecule has 0 radical (unpaired) electrons. The molecule has 1 aliphatic rings. The molecule has 1 aromatic carbocycles. The maximum absolute atomic E-state index is 13.8. The molecule has 0 unspecified atom stereocenters. The summed E-state index contributed by atoms with van der Waals surface area (Å²) in [5, 5.41) is 7.13. The fourth-order valence-corrected chi connectivity index (χ4v) is 2.35. The third-order valence-corrected chi connectivity index (χ3v) is 3.37. The van der Waals surface area contributed by atoms with Gasteiger partial charge in [0.15, 0.2) is 5.76 Å². The van der Waals surface area contributed by atoms with E-state index in [0.717, 1.165) is 38.3 Å². The molecule has 1 fully saturated rings. The quantitative estimate of drug-likeness (QED) is 0.916. The number of nitrogens with zero attached hydrogens (tertiary/aromatic N) is 2. The highest BCUT2D eigenvalue weighted by Crippen LogP contribution is 2.26. The Kier molecular flexibility index (Phi) is 3.57. The summed E-state index contributed by atoms with van der Waals surface area (Å²) in [6.07, 6.45) is 1.68. The molecule has 0 spiro atoms. The van der Waals surface area contributed by atoms with E-state index in [1.807, 2.05) is 0 Å². The molecular formula is C14H16FN3O. The Bertz CT molecular complexity index is 549. The van der Waals surface area contributed by atoms with E-state index in [-0.39, 0.29) is 5.82 Å². The Hall–Kier alpha value is -1.72. The fourth-order valence-electron chi connectivity index (χ4n) is 2.35. The standard InChI is InChI=1S/C14H16FN3O/c15-13-4-2-1-3-12(13)14-11(9-17-19-14)10-18-7-5-16-6-8-18/h1-4,9,16H,5-8,10H2. The smallest absolute Gasteiger partial charge is 0.174 e. The van der Waals surface area contributed by atoms with Gasteiger partial charge in [-0.15, -0.1) is 0 Å². The zero-order chi connectivity index (χ0) is 13.1. The van der Waals surface area contributed by atoms with Crippen LogP contribution in [0.25, 0.3) is 11.3 Å². The van der Waals surface area contributed by atoms with E-state index >= 15 is 0 Å². The van der Waals surface area contributed by atoms with Crippen molar-refractivity contribution >= 4 is 0 Å². The van der Waals surface area contributed by atoms with Crippen LogP contribution in [0.5, 0.6) is 0 Å². The first-order valence-electron chi connectivity index (χ1n) is 6.46. The van der Waals surface area contributed by atoms with Gasteiger partial charge in [-0.2, -0.15) is 0 Å². The summed E-state index contributed by atoms with van der Waals surface area (Å²) in [5.41, 5.74) is 1.41. The highest BCUT2D eigenvalue weighted by atomic mass is 19.1. The summed E-state index contributed by atoms with van der Waals surface area (Å²) in [6, 6.07) is 6.63.